The Hall–Kier alpha value is -2.96. The van der Waals surface area contributed by atoms with Crippen LogP contribution >= 0.6 is 0 Å². The maximum absolute atomic E-state index is 11.7. The first-order valence-electron chi connectivity index (χ1n) is 6.43. The number of nitrogens with zero attached hydrogens (tertiary/aromatic N) is 3. The fourth-order valence-corrected chi connectivity index (χ4v) is 2.07. The number of hydrogen-bond donors (Lipinski definition) is 3. The minimum atomic E-state index is -0.204. The summed E-state index contributed by atoms with van der Waals surface area (Å²) in [5, 5.41) is 3.67. The van der Waals surface area contributed by atoms with E-state index in [4.69, 9.17) is 5.73 Å². The van der Waals surface area contributed by atoms with Crippen molar-refractivity contribution >= 4 is 22.3 Å². The molecule has 21 heavy (non-hydrogen) atoms. The highest BCUT2D eigenvalue weighted by Crippen LogP contribution is 2.23. The van der Waals surface area contributed by atoms with E-state index >= 15 is 0 Å². The fourth-order valence-electron chi connectivity index (χ4n) is 2.07. The number of nitrogen functional groups attached to an aromatic ring is 1. The van der Waals surface area contributed by atoms with Gasteiger partial charge in [0.15, 0.2) is 0 Å². The number of benzene rings is 1. The summed E-state index contributed by atoms with van der Waals surface area (Å²) in [6.07, 6.45) is 3.09. The van der Waals surface area contributed by atoms with E-state index in [1.807, 2.05) is 13.0 Å². The maximum Gasteiger partial charge on any atom is 0.258 e. The monoisotopic (exact) mass is 282 g/mol. The van der Waals surface area contributed by atoms with E-state index in [2.05, 4.69) is 25.3 Å². The van der Waals surface area contributed by atoms with E-state index in [1.165, 1.54) is 6.33 Å². The third-order valence-electron chi connectivity index (χ3n) is 3.11. The van der Waals surface area contributed by atoms with Gasteiger partial charge < -0.3 is 16.0 Å². The molecule has 0 fully saturated rings. The van der Waals surface area contributed by atoms with Gasteiger partial charge in [-0.3, -0.25) is 4.79 Å². The van der Waals surface area contributed by atoms with Crippen LogP contribution in [0.2, 0.25) is 0 Å². The minimum Gasteiger partial charge on any atom is -0.397 e. The molecule has 0 aliphatic carbocycles. The number of aryl methyl sites for hydroxylation is 1. The zero-order chi connectivity index (χ0) is 14.8. The van der Waals surface area contributed by atoms with Crippen LogP contribution in [0.15, 0.2) is 35.5 Å². The van der Waals surface area contributed by atoms with E-state index in [1.54, 1.807) is 18.3 Å². The molecule has 3 rings (SSSR count). The highest BCUT2D eigenvalue weighted by molar-refractivity contribution is 5.88. The van der Waals surface area contributed by atoms with Crippen LogP contribution in [0.1, 0.15) is 11.5 Å². The highest BCUT2D eigenvalue weighted by atomic mass is 16.1. The summed E-state index contributed by atoms with van der Waals surface area (Å²) in [5.74, 6) is 0.717. The van der Waals surface area contributed by atoms with Gasteiger partial charge in [0, 0.05) is 6.20 Å². The van der Waals surface area contributed by atoms with Gasteiger partial charge in [0.05, 0.1) is 40.8 Å². The van der Waals surface area contributed by atoms with Crippen LogP contribution in [0.25, 0.3) is 10.9 Å². The molecular weight excluding hydrogens is 268 g/mol. The van der Waals surface area contributed by atoms with Crippen LogP contribution in [0, 0.1) is 6.92 Å². The Morgan fingerprint density at radius 2 is 2.19 bits per heavy atom. The number of hydrogen-bond acceptors (Lipinski definition) is 6. The molecule has 0 spiro atoms. The molecule has 0 bridgehead atoms. The molecule has 7 heteroatoms. The lowest BCUT2D eigenvalue weighted by atomic mass is 10.2. The van der Waals surface area contributed by atoms with Crippen molar-refractivity contribution in [2.24, 2.45) is 0 Å². The first kappa shape index (κ1) is 13.0. The summed E-state index contributed by atoms with van der Waals surface area (Å²) in [7, 11) is 0. The standard InChI is InChI=1S/C14H14N6O/c1-8-16-3-2-9(20-8)6-17-13-5-12-10(4-11(13)15)14(21)19-7-18-12/h2-5,7,17H,6,15H2,1H3,(H,18,19,21). The van der Waals surface area contributed by atoms with Gasteiger partial charge in [0.2, 0.25) is 0 Å². The van der Waals surface area contributed by atoms with Crippen LogP contribution < -0.4 is 16.6 Å². The summed E-state index contributed by atoms with van der Waals surface area (Å²) in [4.78, 5) is 26.7. The lowest BCUT2D eigenvalue weighted by Gasteiger charge is -2.10. The van der Waals surface area contributed by atoms with Gasteiger partial charge >= 0.3 is 0 Å². The second-order valence-electron chi connectivity index (χ2n) is 4.64. The van der Waals surface area contributed by atoms with Gasteiger partial charge in [-0.15, -0.1) is 0 Å². The zero-order valence-electron chi connectivity index (χ0n) is 11.4. The normalized spacial score (nSPS) is 10.7. The van der Waals surface area contributed by atoms with Crippen LogP contribution in [0.5, 0.6) is 0 Å². The highest BCUT2D eigenvalue weighted by Gasteiger charge is 2.06. The molecule has 0 radical (unpaired) electrons. The third kappa shape index (κ3) is 2.66. The van der Waals surface area contributed by atoms with Gasteiger partial charge in [-0.2, -0.15) is 0 Å². The fraction of sp³-hybridized carbons (Fsp3) is 0.143. The molecule has 4 N–H and O–H groups in total. The van der Waals surface area contributed by atoms with Crippen molar-refractivity contribution in [2.75, 3.05) is 11.1 Å². The van der Waals surface area contributed by atoms with Gasteiger partial charge in [-0.05, 0) is 25.1 Å². The van der Waals surface area contributed by atoms with Crippen LogP contribution in [-0.2, 0) is 6.54 Å². The molecular formula is C14H14N6O. The first-order valence-corrected chi connectivity index (χ1v) is 6.43. The number of aromatic amines is 1. The molecule has 0 aliphatic rings. The Morgan fingerprint density at radius 1 is 1.33 bits per heavy atom. The van der Waals surface area contributed by atoms with Crippen molar-refractivity contribution < 1.29 is 0 Å². The van der Waals surface area contributed by atoms with E-state index in [0.29, 0.717) is 29.0 Å². The van der Waals surface area contributed by atoms with Crippen molar-refractivity contribution in [3.8, 4) is 0 Å². The number of H-pyrrole nitrogens is 1. The molecule has 3 aromatic rings. The summed E-state index contributed by atoms with van der Waals surface area (Å²) in [6, 6.07) is 5.21. The molecule has 0 unspecified atom stereocenters. The third-order valence-corrected chi connectivity index (χ3v) is 3.11. The minimum absolute atomic E-state index is 0.204. The van der Waals surface area contributed by atoms with Gasteiger partial charge in [-0.1, -0.05) is 0 Å². The molecule has 7 nitrogen and oxygen atoms in total. The lowest BCUT2D eigenvalue weighted by molar-refractivity contribution is 0.956. The Morgan fingerprint density at radius 3 is 3.00 bits per heavy atom. The molecule has 2 heterocycles. The topological polar surface area (TPSA) is 110 Å². The van der Waals surface area contributed by atoms with Crippen molar-refractivity contribution in [3.63, 3.8) is 0 Å². The van der Waals surface area contributed by atoms with Gasteiger partial charge in [0.1, 0.15) is 5.82 Å². The number of anilines is 2. The van der Waals surface area contributed by atoms with Crippen LogP contribution in [-0.4, -0.2) is 19.9 Å². The molecule has 0 aliphatic heterocycles. The summed E-state index contributed by atoms with van der Waals surface area (Å²) < 4.78 is 0. The average Bonchev–Trinajstić information content (AvgIpc) is 2.46. The number of fused-ring (bicyclic) bond motifs is 1. The van der Waals surface area contributed by atoms with Crippen molar-refractivity contribution in [1.82, 2.24) is 19.9 Å². The summed E-state index contributed by atoms with van der Waals surface area (Å²) in [5.41, 5.74) is 8.44. The second-order valence-corrected chi connectivity index (χ2v) is 4.64. The predicted octanol–water partition coefficient (Wildman–Crippen LogP) is 1.22. The number of aromatic nitrogens is 4. The van der Waals surface area contributed by atoms with E-state index in [0.717, 1.165) is 11.4 Å². The largest absolute Gasteiger partial charge is 0.397 e. The SMILES string of the molecule is Cc1nccc(CNc2cc3nc[nH]c(=O)c3cc2N)n1. The molecule has 106 valence electrons. The Kier molecular flexibility index (Phi) is 3.23. The number of nitrogens with one attached hydrogen (secondary N) is 2. The van der Waals surface area contributed by atoms with Gasteiger partial charge in [-0.25, -0.2) is 15.0 Å². The quantitative estimate of drug-likeness (QED) is 0.623. The van der Waals surface area contributed by atoms with Crippen LogP contribution in [0.4, 0.5) is 11.4 Å². The lowest BCUT2D eigenvalue weighted by Crippen LogP contribution is -2.09. The Bertz CT molecular complexity index is 857. The smallest absolute Gasteiger partial charge is 0.258 e. The van der Waals surface area contributed by atoms with E-state index < -0.39 is 0 Å². The zero-order valence-corrected chi connectivity index (χ0v) is 11.4. The number of rotatable bonds is 3. The predicted molar refractivity (Wildman–Crippen MR) is 80.9 cm³/mol. The summed E-state index contributed by atoms with van der Waals surface area (Å²) >= 11 is 0. The van der Waals surface area contributed by atoms with Crippen molar-refractivity contribution in [3.05, 3.63) is 52.6 Å². The molecule has 0 amide bonds. The van der Waals surface area contributed by atoms with Crippen LogP contribution in [0.3, 0.4) is 0 Å². The Labute approximate surface area is 120 Å². The molecule has 0 atom stereocenters. The van der Waals surface area contributed by atoms with Crippen molar-refractivity contribution in [2.45, 2.75) is 13.5 Å². The average molecular weight is 282 g/mol. The van der Waals surface area contributed by atoms with Gasteiger partial charge in [0.25, 0.3) is 5.56 Å². The van der Waals surface area contributed by atoms with Crippen molar-refractivity contribution in [1.29, 1.82) is 0 Å². The van der Waals surface area contributed by atoms with E-state index in [9.17, 15) is 4.79 Å². The Balaban J connectivity index is 1.90. The summed E-state index contributed by atoms with van der Waals surface area (Å²) in [6.45, 7) is 2.35. The molecule has 1 aromatic carbocycles. The molecule has 2 aromatic heterocycles. The van der Waals surface area contributed by atoms with E-state index in [-0.39, 0.29) is 5.56 Å². The molecule has 0 saturated carbocycles. The first-order chi connectivity index (χ1) is 10.1. The molecule has 0 saturated heterocycles. The second kappa shape index (κ2) is 5.20. The maximum atomic E-state index is 11.7. The number of nitrogens with two attached hydrogens (primary N) is 1.